The lowest BCUT2D eigenvalue weighted by Gasteiger charge is -2.15. The summed E-state index contributed by atoms with van der Waals surface area (Å²) in [5.41, 5.74) is 10.4. The lowest BCUT2D eigenvalue weighted by molar-refractivity contribution is -0.118. The highest BCUT2D eigenvalue weighted by atomic mass is 19.1. The average Bonchev–Trinajstić information content (AvgIpc) is 2.15. The van der Waals surface area contributed by atoms with Crippen LogP contribution in [0.5, 0.6) is 0 Å². The third kappa shape index (κ3) is 2.69. The maximum atomic E-state index is 13.4. The Hall–Kier alpha value is -2.11. The minimum absolute atomic E-state index is 0.141. The van der Waals surface area contributed by atoms with Crippen LogP contribution >= 0.6 is 0 Å². The van der Waals surface area contributed by atoms with Crippen molar-refractivity contribution in [2.45, 2.75) is 0 Å². The number of carbonyl (C=O) groups excluding carboxylic acids is 2. The van der Waals surface area contributed by atoms with Gasteiger partial charge in [-0.15, -0.1) is 0 Å². The third-order valence-electron chi connectivity index (χ3n) is 1.96. The summed E-state index contributed by atoms with van der Waals surface area (Å²) < 4.78 is 13.4. The molecule has 0 radical (unpaired) electrons. The molecule has 0 aliphatic rings. The Labute approximate surface area is 91.8 Å². The summed E-state index contributed by atoms with van der Waals surface area (Å²) in [4.78, 5) is 23.3. The standard InChI is InChI=1S/C10H12FN3O2/c1-14(5-9(13)15)10(16)7-3-2-6(12)4-8(7)11/h2-4H,5,12H2,1H3,(H2,13,15). The highest BCUT2D eigenvalue weighted by Gasteiger charge is 2.17. The lowest BCUT2D eigenvalue weighted by Crippen LogP contribution is -2.35. The number of carbonyl (C=O) groups is 2. The molecular weight excluding hydrogens is 213 g/mol. The third-order valence-corrected chi connectivity index (χ3v) is 1.96. The van der Waals surface area contributed by atoms with Crippen molar-refractivity contribution in [3.05, 3.63) is 29.6 Å². The predicted octanol–water partition coefficient (Wildman–Crippen LogP) is -0.0348. The van der Waals surface area contributed by atoms with Crippen molar-refractivity contribution in [3.8, 4) is 0 Å². The number of likely N-dealkylation sites (N-methyl/N-ethyl adjacent to an activating group) is 1. The first-order valence-electron chi connectivity index (χ1n) is 4.50. The average molecular weight is 225 g/mol. The van der Waals surface area contributed by atoms with Crippen LogP contribution in [0.25, 0.3) is 0 Å². The van der Waals surface area contributed by atoms with Gasteiger partial charge in [-0.1, -0.05) is 0 Å². The maximum absolute atomic E-state index is 13.4. The fourth-order valence-electron chi connectivity index (χ4n) is 1.22. The van der Waals surface area contributed by atoms with Crippen LogP contribution in [0.15, 0.2) is 18.2 Å². The summed E-state index contributed by atoms with van der Waals surface area (Å²) >= 11 is 0. The lowest BCUT2D eigenvalue weighted by atomic mass is 10.1. The van der Waals surface area contributed by atoms with Gasteiger partial charge in [0.05, 0.1) is 12.1 Å². The van der Waals surface area contributed by atoms with E-state index < -0.39 is 17.6 Å². The number of benzene rings is 1. The van der Waals surface area contributed by atoms with E-state index in [1.165, 1.54) is 19.2 Å². The largest absolute Gasteiger partial charge is 0.399 e. The molecule has 0 spiro atoms. The van der Waals surface area contributed by atoms with Crippen LogP contribution < -0.4 is 11.5 Å². The molecular formula is C10H12FN3O2. The van der Waals surface area contributed by atoms with Gasteiger partial charge >= 0.3 is 0 Å². The topological polar surface area (TPSA) is 89.4 Å². The van der Waals surface area contributed by atoms with Gasteiger partial charge in [0.25, 0.3) is 5.91 Å². The number of rotatable bonds is 3. The normalized spacial score (nSPS) is 9.88. The van der Waals surface area contributed by atoms with E-state index in [4.69, 9.17) is 11.5 Å². The second-order valence-corrected chi connectivity index (χ2v) is 3.37. The molecule has 0 aliphatic heterocycles. The summed E-state index contributed by atoms with van der Waals surface area (Å²) in [7, 11) is 1.36. The number of primary amides is 1. The van der Waals surface area contributed by atoms with Gasteiger partial charge in [-0.25, -0.2) is 4.39 Å². The number of halogens is 1. The van der Waals surface area contributed by atoms with Crippen molar-refractivity contribution >= 4 is 17.5 Å². The molecule has 16 heavy (non-hydrogen) atoms. The molecule has 0 aliphatic carbocycles. The summed E-state index contributed by atoms with van der Waals surface area (Å²) in [5.74, 6) is -2.00. The fraction of sp³-hybridized carbons (Fsp3) is 0.200. The van der Waals surface area contributed by atoms with E-state index in [0.717, 1.165) is 11.0 Å². The zero-order chi connectivity index (χ0) is 12.3. The molecule has 0 heterocycles. The molecule has 4 N–H and O–H groups in total. The van der Waals surface area contributed by atoms with Crippen LogP contribution in [0.3, 0.4) is 0 Å². The number of nitrogen functional groups attached to an aromatic ring is 1. The van der Waals surface area contributed by atoms with Gasteiger partial charge in [0.15, 0.2) is 0 Å². The van der Waals surface area contributed by atoms with Gasteiger partial charge in [-0.3, -0.25) is 9.59 Å². The first-order chi connectivity index (χ1) is 7.41. The van der Waals surface area contributed by atoms with Crippen molar-refractivity contribution in [2.24, 2.45) is 5.73 Å². The molecule has 2 amide bonds. The molecule has 0 aromatic heterocycles. The van der Waals surface area contributed by atoms with Crippen molar-refractivity contribution < 1.29 is 14.0 Å². The quantitative estimate of drug-likeness (QED) is 0.707. The van der Waals surface area contributed by atoms with E-state index in [9.17, 15) is 14.0 Å². The van der Waals surface area contributed by atoms with Gasteiger partial charge in [0, 0.05) is 12.7 Å². The van der Waals surface area contributed by atoms with E-state index in [1.807, 2.05) is 0 Å². The first-order valence-corrected chi connectivity index (χ1v) is 4.50. The van der Waals surface area contributed by atoms with Crippen LogP contribution in [-0.4, -0.2) is 30.3 Å². The van der Waals surface area contributed by atoms with Crippen molar-refractivity contribution in [2.75, 3.05) is 19.3 Å². The Kier molecular flexibility index (Phi) is 3.44. The highest BCUT2D eigenvalue weighted by Crippen LogP contribution is 2.13. The predicted molar refractivity (Wildman–Crippen MR) is 57.0 cm³/mol. The molecule has 5 nitrogen and oxygen atoms in total. The Morgan fingerprint density at radius 3 is 2.56 bits per heavy atom. The number of amides is 2. The highest BCUT2D eigenvalue weighted by molar-refractivity contribution is 5.96. The van der Waals surface area contributed by atoms with E-state index in [1.54, 1.807) is 0 Å². The minimum Gasteiger partial charge on any atom is -0.399 e. The number of nitrogens with zero attached hydrogens (tertiary/aromatic N) is 1. The Bertz CT molecular complexity index is 434. The van der Waals surface area contributed by atoms with Crippen LogP contribution in [0.2, 0.25) is 0 Å². The number of anilines is 1. The molecule has 0 unspecified atom stereocenters. The molecule has 0 saturated heterocycles. The van der Waals surface area contributed by atoms with E-state index in [0.29, 0.717) is 0 Å². The second kappa shape index (κ2) is 4.61. The molecule has 0 fully saturated rings. The number of nitrogens with two attached hydrogens (primary N) is 2. The second-order valence-electron chi connectivity index (χ2n) is 3.37. The van der Waals surface area contributed by atoms with Crippen molar-refractivity contribution in [1.82, 2.24) is 4.90 Å². The Morgan fingerprint density at radius 1 is 1.44 bits per heavy atom. The van der Waals surface area contributed by atoms with E-state index in [2.05, 4.69) is 0 Å². The fourth-order valence-corrected chi connectivity index (χ4v) is 1.22. The number of hydrogen-bond donors (Lipinski definition) is 2. The zero-order valence-corrected chi connectivity index (χ0v) is 8.74. The van der Waals surface area contributed by atoms with Crippen molar-refractivity contribution in [1.29, 1.82) is 0 Å². The van der Waals surface area contributed by atoms with E-state index in [-0.39, 0.29) is 17.8 Å². The minimum atomic E-state index is -0.721. The van der Waals surface area contributed by atoms with Crippen LogP contribution in [0, 0.1) is 5.82 Å². The van der Waals surface area contributed by atoms with Crippen LogP contribution in [-0.2, 0) is 4.79 Å². The Morgan fingerprint density at radius 2 is 2.06 bits per heavy atom. The molecule has 6 heteroatoms. The van der Waals surface area contributed by atoms with Gasteiger partial charge < -0.3 is 16.4 Å². The Balaban J connectivity index is 2.92. The smallest absolute Gasteiger partial charge is 0.257 e. The molecule has 0 atom stereocenters. The zero-order valence-electron chi connectivity index (χ0n) is 8.74. The number of hydrogen-bond acceptors (Lipinski definition) is 3. The summed E-state index contributed by atoms with van der Waals surface area (Å²) in [6, 6.07) is 3.73. The van der Waals surface area contributed by atoms with Crippen LogP contribution in [0.4, 0.5) is 10.1 Å². The first kappa shape index (κ1) is 12.0. The summed E-state index contributed by atoms with van der Waals surface area (Å²) in [6.45, 7) is -0.261. The molecule has 0 saturated carbocycles. The molecule has 1 aromatic rings. The maximum Gasteiger partial charge on any atom is 0.257 e. The van der Waals surface area contributed by atoms with Crippen LogP contribution in [0.1, 0.15) is 10.4 Å². The summed E-state index contributed by atoms with van der Waals surface area (Å²) in [6.07, 6.45) is 0. The van der Waals surface area contributed by atoms with Gasteiger partial charge in [0.1, 0.15) is 5.82 Å². The molecule has 86 valence electrons. The summed E-state index contributed by atoms with van der Waals surface area (Å²) in [5, 5.41) is 0. The van der Waals surface area contributed by atoms with Gasteiger partial charge in [-0.2, -0.15) is 0 Å². The SMILES string of the molecule is CN(CC(N)=O)C(=O)c1ccc(N)cc1F. The molecule has 1 aromatic carbocycles. The van der Waals surface area contributed by atoms with Crippen molar-refractivity contribution in [3.63, 3.8) is 0 Å². The van der Waals surface area contributed by atoms with Gasteiger partial charge in [0.2, 0.25) is 5.91 Å². The van der Waals surface area contributed by atoms with Gasteiger partial charge in [-0.05, 0) is 18.2 Å². The molecule has 1 rings (SSSR count). The monoisotopic (exact) mass is 225 g/mol. The van der Waals surface area contributed by atoms with E-state index >= 15 is 0 Å². The molecule has 0 bridgehead atoms.